The lowest BCUT2D eigenvalue weighted by Crippen LogP contribution is -2.74. The van der Waals surface area contributed by atoms with Crippen LogP contribution >= 0.6 is 0 Å². The van der Waals surface area contributed by atoms with E-state index < -0.39 is 17.3 Å². The van der Waals surface area contributed by atoms with Crippen LogP contribution in [0.3, 0.4) is 0 Å². The number of benzene rings is 1. The number of hydrogen-bond acceptors (Lipinski definition) is 3. The van der Waals surface area contributed by atoms with Crippen molar-refractivity contribution in [2.24, 2.45) is 23.2 Å². The third-order valence-corrected chi connectivity index (χ3v) is 11.3. The quantitative estimate of drug-likeness (QED) is 0.454. The molecular formula is C28H35NO3. The van der Waals surface area contributed by atoms with Gasteiger partial charge in [0.25, 0.3) is 0 Å². The zero-order valence-electron chi connectivity index (χ0n) is 19.4. The first-order chi connectivity index (χ1) is 15.2. The number of para-hydroxylation sites is 1. The standard InChI is InChI=1S/C28H35NO3/c1-15(2)19-14-17-9-11-25(3)26(4)16(10-12-27(25,31)28(17)24(32-28)22(19)30)13-20-18-7-5-6-8-21(18)29-23(20)26/h5-8,16-17,19,22,24,29-31H,1,9-14H2,2-4H3. The van der Waals surface area contributed by atoms with Crippen molar-refractivity contribution in [2.45, 2.75) is 88.1 Å². The first-order valence-corrected chi connectivity index (χ1v) is 12.5. The number of fused-ring (bicyclic) bond motifs is 7. The molecule has 2 aromatic rings. The predicted molar refractivity (Wildman–Crippen MR) is 124 cm³/mol. The number of H-pyrrole nitrogens is 1. The summed E-state index contributed by atoms with van der Waals surface area (Å²) >= 11 is 0. The summed E-state index contributed by atoms with van der Waals surface area (Å²) in [6.07, 6.45) is 4.94. The molecule has 4 fully saturated rings. The molecule has 170 valence electrons. The normalized spacial score (nSPS) is 50.7. The van der Waals surface area contributed by atoms with Crippen molar-refractivity contribution >= 4 is 10.9 Å². The number of nitrogens with one attached hydrogen (secondary N) is 1. The molecule has 4 heteroatoms. The second-order valence-electron chi connectivity index (χ2n) is 12.1. The summed E-state index contributed by atoms with van der Waals surface area (Å²) in [5.74, 6) is 0.896. The van der Waals surface area contributed by atoms with Crippen LogP contribution in [0.15, 0.2) is 36.4 Å². The lowest BCUT2D eigenvalue weighted by atomic mass is 9.39. The first kappa shape index (κ1) is 19.8. The molecule has 5 aliphatic rings. The van der Waals surface area contributed by atoms with Crippen LogP contribution in [0.5, 0.6) is 0 Å². The number of rotatable bonds is 1. The van der Waals surface area contributed by atoms with Gasteiger partial charge in [-0.3, -0.25) is 0 Å². The van der Waals surface area contributed by atoms with Crippen LogP contribution in [0.25, 0.3) is 10.9 Å². The fourth-order valence-electron chi connectivity index (χ4n) is 9.43. The minimum Gasteiger partial charge on any atom is -0.390 e. The molecular weight excluding hydrogens is 398 g/mol. The van der Waals surface area contributed by atoms with Gasteiger partial charge in [0, 0.05) is 33.3 Å². The van der Waals surface area contributed by atoms with E-state index in [9.17, 15) is 10.2 Å². The zero-order valence-corrected chi connectivity index (χ0v) is 19.4. The van der Waals surface area contributed by atoms with E-state index in [2.05, 4.69) is 49.7 Å². The minimum absolute atomic E-state index is 0.0762. The van der Waals surface area contributed by atoms with Gasteiger partial charge in [0.2, 0.25) is 0 Å². The Hall–Kier alpha value is -1.62. The van der Waals surface area contributed by atoms with Crippen LogP contribution in [-0.2, 0) is 16.6 Å². The Balaban J connectivity index is 1.38. The predicted octanol–water partition coefficient (Wildman–Crippen LogP) is 4.63. The highest BCUT2D eigenvalue weighted by Crippen LogP contribution is 2.76. The zero-order chi connectivity index (χ0) is 22.3. The van der Waals surface area contributed by atoms with Crippen molar-refractivity contribution in [3.05, 3.63) is 47.7 Å². The van der Waals surface area contributed by atoms with Gasteiger partial charge in [0.05, 0.1) is 6.10 Å². The monoisotopic (exact) mass is 433 g/mol. The number of aliphatic hydroxyl groups is 2. The van der Waals surface area contributed by atoms with Gasteiger partial charge in [0.1, 0.15) is 17.3 Å². The van der Waals surface area contributed by atoms with E-state index in [0.717, 1.165) is 44.1 Å². The number of hydrogen-bond donors (Lipinski definition) is 3. The molecule has 1 aromatic heterocycles. The van der Waals surface area contributed by atoms with E-state index in [1.807, 2.05) is 6.92 Å². The molecule has 1 spiro atoms. The van der Waals surface area contributed by atoms with Crippen molar-refractivity contribution in [3.63, 3.8) is 0 Å². The molecule has 1 aliphatic heterocycles. The summed E-state index contributed by atoms with van der Waals surface area (Å²) in [4.78, 5) is 3.81. The second kappa shape index (κ2) is 5.71. The van der Waals surface area contributed by atoms with Crippen molar-refractivity contribution in [3.8, 4) is 0 Å². The fraction of sp³-hybridized carbons (Fsp3) is 0.643. The van der Waals surface area contributed by atoms with Gasteiger partial charge in [-0.2, -0.15) is 0 Å². The molecule has 0 bridgehead atoms. The van der Waals surface area contributed by atoms with Crippen molar-refractivity contribution < 1.29 is 14.9 Å². The number of aromatic nitrogens is 1. The van der Waals surface area contributed by atoms with E-state index in [1.54, 1.807) is 0 Å². The van der Waals surface area contributed by atoms with E-state index in [1.165, 1.54) is 22.2 Å². The highest BCUT2D eigenvalue weighted by molar-refractivity contribution is 5.86. The lowest BCUT2D eigenvalue weighted by molar-refractivity contribution is -0.239. The third kappa shape index (κ3) is 1.85. The highest BCUT2D eigenvalue weighted by Gasteiger charge is 2.85. The molecule has 32 heavy (non-hydrogen) atoms. The maximum absolute atomic E-state index is 12.7. The van der Waals surface area contributed by atoms with E-state index in [4.69, 9.17) is 4.74 Å². The molecule has 0 amide bonds. The number of ether oxygens (including phenoxy) is 1. The number of aliphatic hydroxyl groups excluding tert-OH is 1. The molecule has 7 rings (SSSR count). The average Bonchev–Trinajstić information content (AvgIpc) is 3.34. The molecule has 9 unspecified atom stereocenters. The van der Waals surface area contributed by atoms with Gasteiger partial charge in [-0.1, -0.05) is 44.2 Å². The summed E-state index contributed by atoms with van der Waals surface area (Å²) in [6, 6.07) is 8.65. The van der Waals surface area contributed by atoms with Crippen LogP contribution in [0.2, 0.25) is 0 Å². The summed E-state index contributed by atoms with van der Waals surface area (Å²) in [7, 11) is 0. The van der Waals surface area contributed by atoms with Crippen LogP contribution in [0.1, 0.15) is 64.1 Å². The molecule has 4 aliphatic carbocycles. The smallest absolute Gasteiger partial charge is 0.129 e. The topological polar surface area (TPSA) is 68.8 Å². The van der Waals surface area contributed by atoms with E-state index >= 15 is 0 Å². The van der Waals surface area contributed by atoms with E-state index in [0.29, 0.717) is 11.8 Å². The highest BCUT2D eigenvalue weighted by atomic mass is 16.6. The summed E-state index contributed by atoms with van der Waals surface area (Å²) < 4.78 is 6.49. The van der Waals surface area contributed by atoms with Crippen LogP contribution in [0.4, 0.5) is 0 Å². The van der Waals surface area contributed by atoms with Crippen LogP contribution in [0, 0.1) is 23.2 Å². The lowest BCUT2D eigenvalue weighted by Gasteiger charge is -2.66. The SMILES string of the molecule is C=C(C)C1CC2CCC3(C)C4(C)c5[nH]c6ccccc6c5CC4CCC3(O)C23OC3C1O. The van der Waals surface area contributed by atoms with Gasteiger partial charge in [-0.05, 0) is 68.9 Å². The van der Waals surface area contributed by atoms with Gasteiger partial charge in [-0.15, -0.1) is 0 Å². The minimum atomic E-state index is -0.932. The Morgan fingerprint density at radius 2 is 1.91 bits per heavy atom. The molecule has 4 nitrogen and oxygen atoms in total. The largest absolute Gasteiger partial charge is 0.390 e. The van der Waals surface area contributed by atoms with Gasteiger partial charge in [0.15, 0.2) is 0 Å². The molecule has 9 atom stereocenters. The molecule has 1 aromatic carbocycles. The van der Waals surface area contributed by atoms with Crippen molar-refractivity contribution in [1.29, 1.82) is 0 Å². The maximum atomic E-state index is 12.7. The molecule has 3 saturated carbocycles. The Labute approximate surface area is 190 Å². The van der Waals surface area contributed by atoms with Gasteiger partial charge < -0.3 is 19.9 Å². The average molecular weight is 434 g/mol. The Kier molecular flexibility index (Phi) is 3.54. The van der Waals surface area contributed by atoms with Crippen LogP contribution < -0.4 is 0 Å². The number of aromatic amines is 1. The Bertz CT molecular complexity index is 1170. The fourth-order valence-corrected chi connectivity index (χ4v) is 9.43. The van der Waals surface area contributed by atoms with Gasteiger partial charge in [-0.25, -0.2) is 0 Å². The van der Waals surface area contributed by atoms with E-state index in [-0.39, 0.29) is 22.9 Å². The molecule has 3 N–H and O–H groups in total. The van der Waals surface area contributed by atoms with Crippen molar-refractivity contribution in [1.82, 2.24) is 4.98 Å². The molecule has 0 radical (unpaired) electrons. The Morgan fingerprint density at radius 3 is 2.69 bits per heavy atom. The first-order valence-electron chi connectivity index (χ1n) is 12.5. The molecule has 2 heterocycles. The summed E-state index contributed by atoms with van der Waals surface area (Å²) in [6.45, 7) is 10.9. The number of epoxide rings is 1. The summed E-state index contributed by atoms with van der Waals surface area (Å²) in [5.41, 5.74) is 3.06. The second-order valence-corrected chi connectivity index (χ2v) is 12.1. The maximum Gasteiger partial charge on any atom is 0.129 e. The van der Waals surface area contributed by atoms with Crippen molar-refractivity contribution in [2.75, 3.05) is 0 Å². The van der Waals surface area contributed by atoms with Crippen LogP contribution in [-0.4, -0.2) is 38.6 Å². The Morgan fingerprint density at radius 1 is 1.16 bits per heavy atom. The van der Waals surface area contributed by atoms with Gasteiger partial charge >= 0.3 is 0 Å². The summed E-state index contributed by atoms with van der Waals surface area (Å²) in [5, 5.41) is 25.2. The third-order valence-electron chi connectivity index (χ3n) is 11.3. The molecule has 1 saturated heterocycles.